The van der Waals surface area contributed by atoms with Crippen LogP contribution in [0.3, 0.4) is 0 Å². The van der Waals surface area contributed by atoms with E-state index in [0.717, 1.165) is 30.4 Å². The van der Waals surface area contributed by atoms with Crippen LogP contribution < -0.4 is 0 Å². The fraction of sp³-hybridized carbons (Fsp3) is 0.308. The molecule has 0 saturated heterocycles. The van der Waals surface area contributed by atoms with Gasteiger partial charge < -0.3 is 0 Å². The maximum absolute atomic E-state index is 13.4. The molecule has 0 saturated carbocycles. The van der Waals surface area contributed by atoms with Crippen molar-refractivity contribution in [2.45, 2.75) is 32.0 Å². The first-order valence-electron chi connectivity index (χ1n) is 10.4. The van der Waals surface area contributed by atoms with E-state index in [2.05, 4.69) is 45.1 Å². The molecular formula is C26H27BrF3N. The zero-order valence-corrected chi connectivity index (χ0v) is 19.2. The third kappa shape index (κ3) is 6.44. The third-order valence-corrected chi connectivity index (χ3v) is 6.16. The molecule has 0 amide bonds. The molecule has 0 aliphatic carbocycles. The predicted molar refractivity (Wildman–Crippen MR) is 125 cm³/mol. The second-order valence-electron chi connectivity index (χ2n) is 7.74. The topological polar surface area (TPSA) is 3.24 Å². The van der Waals surface area contributed by atoms with Crippen LogP contribution >= 0.6 is 15.9 Å². The van der Waals surface area contributed by atoms with E-state index in [1.165, 1.54) is 23.3 Å². The first-order chi connectivity index (χ1) is 14.9. The van der Waals surface area contributed by atoms with Gasteiger partial charge in [-0.3, -0.25) is 4.90 Å². The van der Waals surface area contributed by atoms with Gasteiger partial charge in [0.1, 0.15) is 0 Å². The van der Waals surface area contributed by atoms with Crippen LogP contribution in [0, 0.1) is 6.92 Å². The Balaban J connectivity index is 1.91. The van der Waals surface area contributed by atoms with Crippen LogP contribution in [0.15, 0.2) is 78.9 Å². The van der Waals surface area contributed by atoms with Crippen molar-refractivity contribution < 1.29 is 13.2 Å². The third-order valence-electron chi connectivity index (χ3n) is 5.60. The lowest BCUT2D eigenvalue weighted by Crippen LogP contribution is -2.30. The second kappa shape index (κ2) is 11.0. The van der Waals surface area contributed by atoms with Gasteiger partial charge in [-0.25, -0.2) is 0 Å². The lowest BCUT2D eigenvalue weighted by Gasteiger charge is -2.29. The van der Waals surface area contributed by atoms with Gasteiger partial charge in [0, 0.05) is 24.3 Å². The summed E-state index contributed by atoms with van der Waals surface area (Å²) in [6, 6.07) is 25.1. The number of halogens is 4. The molecule has 0 N–H and O–H groups in total. The SMILES string of the molecule is Cc1c(CN(CCCBr)CC(c2ccccc2)c2ccccc2)cccc1C(F)(F)F. The maximum Gasteiger partial charge on any atom is 0.416 e. The summed E-state index contributed by atoms with van der Waals surface area (Å²) >= 11 is 3.50. The number of alkyl halides is 4. The van der Waals surface area contributed by atoms with Crippen molar-refractivity contribution >= 4 is 15.9 Å². The van der Waals surface area contributed by atoms with E-state index >= 15 is 0 Å². The van der Waals surface area contributed by atoms with Gasteiger partial charge >= 0.3 is 6.18 Å². The van der Waals surface area contributed by atoms with E-state index in [4.69, 9.17) is 0 Å². The molecule has 0 aliphatic heterocycles. The van der Waals surface area contributed by atoms with Crippen molar-refractivity contribution in [2.24, 2.45) is 0 Å². The molecule has 0 heterocycles. The predicted octanol–water partition coefficient (Wildman–Crippen LogP) is 7.43. The molecule has 0 unspecified atom stereocenters. The fourth-order valence-corrected chi connectivity index (χ4v) is 4.20. The molecule has 31 heavy (non-hydrogen) atoms. The molecule has 3 aromatic rings. The van der Waals surface area contributed by atoms with E-state index in [-0.39, 0.29) is 5.92 Å². The fourth-order valence-electron chi connectivity index (χ4n) is 3.95. The van der Waals surface area contributed by atoms with Gasteiger partial charge in [-0.2, -0.15) is 13.2 Å². The molecule has 0 aromatic heterocycles. The zero-order chi connectivity index (χ0) is 22.3. The Morgan fingerprint density at radius 1 is 0.839 bits per heavy atom. The minimum Gasteiger partial charge on any atom is -0.298 e. The molecule has 3 rings (SSSR count). The summed E-state index contributed by atoms with van der Waals surface area (Å²) in [7, 11) is 0. The average Bonchev–Trinajstić information content (AvgIpc) is 2.77. The van der Waals surface area contributed by atoms with Crippen LogP contribution in [-0.4, -0.2) is 23.3 Å². The number of hydrogen-bond donors (Lipinski definition) is 0. The van der Waals surface area contributed by atoms with Crippen molar-refractivity contribution in [3.05, 3.63) is 107 Å². The van der Waals surface area contributed by atoms with E-state index < -0.39 is 11.7 Å². The highest BCUT2D eigenvalue weighted by atomic mass is 79.9. The molecule has 0 radical (unpaired) electrons. The summed E-state index contributed by atoms with van der Waals surface area (Å²) in [5.41, 5.74) is 2.91. The summed E-state index contributed by atoms with van der Waals surface area (Å²) in [4.78, 5) is 2.27. The Bertz CT molecular complexity index is 902. The van der Waals surface area contributed by atoms with Crippen LogP contribution in [0.5, 0.6) is 0 Å². The van der Waals surface area contributed by atoms with E-state index in [1.54, 1.807) is 6.92 Å². The van der Waals surface area contributed by atoms with Crippen molar-refractivity contribution in [3.8, 4) is 0 Å². The first kappa shape index (κ1) is 23.6. The van der Waals surface area contributed by atoms with Gasteiger partial charge in [0.05, 0.1) is 5.56 Å². The summed E-state index contributed by atoms with van der Waals surface area (Å²) in [5.74, 6) is 0.142. The number of benzene rings is 3. The van der Waals surface area contributed by atoms with Crippen molar-refractivity contribution in [1.82, 2.24) is 4.90 Å². The Morgan fingerprint density at radius 3 is 1.94 bits per heavy atom. The van der Waals surface area contributed by atoms with Crippen molar-refractivity contribution in [3.63, 3.8) is 0 Å². The molecule has 3 aromatic carbocycles. The first-order valence-corrected chi connectivity index (χ1v) is 11.6. The van der Waals surface area contributed by atoms with Crippen LogP contribution in [0.4, 0.5) is 13.2 Å². The normalized spacial score (nSPS) is 12.0. The Kier molecular flexibility index (Phi) is 8.33. The molecule has 0 bridgehead atoms. The quantitative estimate of drug-likeness (QED) is 0.282. The van der Waals surface area contributed by atoms with Crippen molar-refractivity contribution in [2.75, 3.05) is 18.4 Å². The second-order valence-corrected chi connectivity index (χ2v) is 8.53. The Morgan fingerprint density at radius 2 is 1.42 bits per heavy atom. The summed E-state index contributed by atoms with van der Waals surface area (Å²) in [5, 5.41) is 0.854. The van der Waals surface area contributed by atoms with E-state index in [1.807, 2.05) is 42.5 Å². The lowest BCUT2D eigenvalue weighted by atomic mass is 9.90. The van der Waals surface area contributed by atoms with Gasteiger partial charge in [-0.05, 0) is 48.2 Å². The molecule has 0 aliphatic rings. The van der Waals surface area contributed by atoms with Gasteiger partial charge in [0.15, 0.2) is 0 Å². The van der Waals surface area contributed by atoms with Crippen LogP contribution in [-0.2, 0) is 12.7 Å². The molecule has 0 fully saturated rings. The van der Waals surface area contributed by atoms with E-state index in [0.29, 0.717) is 12.1 Å². The van der Waals surface area contributed by atoms with Crippen LogP contribution in [0.1, 0.15) is 40.2 Å². The van der Waals surface area contributed by atoms with Gasteiger partial charge in [-0.1, -0.05) is 88.7 Å². The van der Waals surface area contributed by atoms with Gasteiger partial charge in [-0.15, -0.1) is 0 Å². The molecule has 1 nitrogen and oxygen atoms in total. The van der Waals surface area contributed by atoms with E-state index in [9.17, 15) is 13.2 Å². The standard InChI is InChI=1S/C26H27BrF3N/c1-20-23(14-8-15-25(20)26(28,29)30)18-31(17-9-16-27)19-24(21-10-4-2-5-11-21)22-12-6-3-7-13-22/h2-8,10-15,24H,9,16-19H2,1H3. The minimum absolute atomic E-state index is 0.142. The summed E-state index contributed by atoms with van der Waals surface area (Å²) < 4.78 is 40.2. The summed E-state index contributed by atoms with van der Waals surface area (Å²) in [6.07, 6.45) is -3.41. The Hall–Kier alpha value is -2.11. The molecule has 0 spiro atoms. The Labute approximate surface area is 191 Å². The average molecular weight is 490 g/mol. The lowest BCUT2D eigenvalue weighted by molar-refractivity contribution is -0.138. The van der Waals surface area contributed by atoms with Gasteiger partial charge in [0.25, 0.3) is 0 Å². The maximum atomic E-state index is 13.4. The minimum atomic E-state index is -4.34. The zero-order valence-electron chi connectivity index (χ0n) is 17.6. The molecule has 164 valence electrons. The molecular weight excluding hydrogens is 463 g/mol. The number of nitrogens with zero attached hydrogens (tertiary/aromatic N) is 1. The highest BCUT2D eigenvalue weighted by Crippen LogP contribution is 2.34. The van der Waals surface area contributed by atoms with Crippen LogP contribution in [0.2, 0.25) is 0 Å². The number of rotatable bonds is 9. The monoisotopic (exact) mass is 489 g/mol. The smallest absolute Gasteiger partial charge is 0.298 e. The molecule has 0 atom stereocenters. The summed E-state index contributed by atoms with van der Waals surface area (Å²) in [6.45, 7) is 3.60. The van der Waals surface area contributed by atoms with Gasteiger partial charge in [0.2, 0.25) is 0 Å². The van der Waals surface area contributed by atoms with Crippen molar-refractivity contribution in [1.29, 1.82) is 0 Å². The largest absolute Gasteiger partial charge is 0.416 e. The number of hydrogen-bond acceptors (Lipinski definition) is 1. The highest BCUT2D eigenvalue weighted by Gasteiger charge is 2.33. The van der Waals surface area contributed by atoms with Crippen LogP contribution in [0.25, 0.3) is 0 Å². The molecule has 5 heteroatoms. The highest BCUT2D eigenvalue weighted by molar-refractivity contribution is 9.09.